The molecule has 0 fully saturated rings. The molecule has 0 aliphatic carbocycles. The van der Waals surface area contributed by atoms with Crippen LogP contribution >= 0.6 is 11.3 Å². The molecule has 0 amide bonds. The Morgan fingerprint density at radius 1 is 0.351 bits per heavy atom. The second-order valence-electron chi connectivity index (χ2n) is 14.7. The van der Waals surface area contributed by atoms with Crippen LogP contribution in [0.4, 0.5) is 0 Å². The molecule has 0 unspecified atom stereocenters. The first kappa shape index (κ1) is 32.0. The van der Waals surface area contributed by atoms with Crippen LogP contribution in [0.2, 0.25) is 0 Å². The van der Waals surface area contributed by atoms with E-state index in [-0.39, 0.29) is 0 Å². The van der Waals surface area contributed by atoms with E-state index in [0.29, 0.717) is 0 Å². The van der Waals surface area contributed by atoms with Crippen molar-refractivity contribution in [2.45, 2.75) is 0 Å². The van der Waals surface area contributed by atoms with Crippen LogP contribution in [0.15, 0.2) is 200 Å². The van der Waals surface area contributed by atoms with Crippen molar-refractivity contribution in [3.05, 3.63) is 200 Å². The minimum Gasteiger partial charge on any atom is -0.306 e. The predicted octanol–water partition coefficient (Wildman–Crippen LogP) is 14.7. The fourth-order valence-corrected chi connectivity index (χ4v) is 10.4. The van der Waals surface area contributed by atoms with E-state index < -0.39 is 0 Å². The molecule has 266 valence electrons. The number of benzene rings is 8. The lowest BCUT2D eigenvalue weighted by Gasteiger charge is -2.23. The van der Waals surface area contributed by atoms with E-state index in [1.807, 2.05) is 17.5 Å². The lowest BCUT2D eigenvalue weighted by Crippen LogP contribution is -2.08. The van der Waals surface area contributed by atoms with Gasteiger partial charge in [0.05, 0.1) is 27.6 Å². The molecule has 0 aliphatic heterocycles. The van der Waals surface area contributed by atoms with Crippen molar-refractivity contribution in [3.8, 4) is 22.5 Å². The molecule has 3 nitrogen and oxygen atoms in total. The summed E-state index contributed by atoms with van der Waals surface area (Å²) in [5.74, 6) is 0. The number of para-hydroxylation sites is 4. The van der Waals surface area contributed by atoms with Crippen molar-refractivity contribution >= 4 is 96.8 Å². The molecule has 0 N–H and O–H groups in total. The van der Waals surface area contributed by atoms with Gasteiger partial charge in [-0.2, -0.15) is 0 Å². The van der Waals surface area contributed by atoms with Crippen LogP contribution in [0.1, 0.15) is 0 Å². The maximum atomic E-state index is 5.25. The SMILES string of the molecule is c1ccc(-n2c3ccccc3n(-c3ccccc3)c3cc4c(cc32)c2ccccc2c2c(-c3cccc5c3sc3ccccc35)cccc2c2cccnc42)cc1. The second kappa shape index (κ2) is 12.6. The molecule has 0 spiro atoms. The third-order valence-electron chi connectivity index (χ3n) is 11.6. The first-order valence-electron chi connectivity index (χ1n) is 19.4. The van der Waals surface area contributed by atoms with E-state index in [0.717, 1.165) is 55.1 Å². The van der Waals surface area contributed by atoms with Crippen LogP contribution in [0, 0.1) is 0 Å². The van der Waals surface area contributed by atoms with Crippen molar-refractivity contribution in [2.24, 2.45) is 0 Å². The van der Waals surface area contributed by atoms with Gasteiger partial charge in [0.25, 0.3) is 0 Å². The number of hydrogen-bond donors (Lipinski definition) is 0. The summed E-state index contributed by atoms with van der Waals surface area (Å²) in [4.78, 5) is 5.25. The first-order chi connectivity index (χ1) is 28.3. The average molecular weight is 744 g/mol. The second-order valence-corrected chi connectivity index (χ2v) is 15.7. The number of pyridine rings is 1. The van der Waals surface area contributed by atoms with Crippen LogP contribution in [0.5, 0.6) is 0 Å². The molecule has 0 radical (unpaired) electrons. The predicted molar refractivity (Wildman–Crippen MR) is 244 cm³/mol. The summed E-state index contributed by atoms with van der Waals surface area (Å²) in [5.41, 5.74) is 10.1. The van der Waals surface area contributed by atoms with Crippen LogP contribution in [0.25, 0.3) is 108 Å². The van der Waals surface area contributed by atoms with Gasteiger partial charge >= 0.3 is 0 Å². The number of hydrogen-bond acceptors (Lipinski definition) is 2. The van der Waals surface area contributed by atoms with Gasteiger partial charge in [0.15, 0.2) is 0 Å². The molecule has 4 heteroatoms. The number of rotatable bonds is 3. The fourth-order valence-electron chi connectivity index (χ4n) is 9.19. The van der Waals surface area contributed by atoms with Gasteiger partial charge in [0.1, 0.15) is 0 Å². The average Bonchev–Trinajstić information content (AvgIpc) is 3.67. The number of thiophene rings is 1. The van der Waals surface area contributed by atoms with Gasteiger partial charge in [-0.1, -0.05) is 133 Å². The highest BCUT2D eigenvalue weighted by atomic mass is 32.1. The normalized spacial score (nSPS) is 11.9. The van der Waals surface area contributed by atoms with Crippen molar-refractivity contribution in [3.63, 3.8) is 0 Å². The van der Waals surface area contributed by atoms with E-state index >= 15 is 0 Å². The standard InChI is InChI=1S/C53H33N3S/c1-3-16-34(17-4-1)55-46-28-10-11-29-47(46)56(35-18-5-2-6-19-35)49-33-45-44(32-48(49)55)36-20-7-8-22-38(36)51-39(41-27-15-31-54-52(41)45)23-13-24-40(51)43-26-14-25-42-37-21-9-12-30-50(37)57-53(42)43/h1-33H. The smallest absolute Gasteiger partial charge is 0.0787 e. The van der Waals surface area contributed by atoms with Crippen LogP contribution in [-0.2, 0) is 0 Å². The van der Waals surface area contributed by atoms with Gasteiger partial charge in [-0.25, -0.2) is 0 Å². The molecule has 0 bridgehead atoms. The summed E-state index contributed by atoms with van der Waals surface area (Å²) < 4.78 is 7.45. The zero-order valence-electron chi connectivity index (χ0n) is 30.8. The fraction of sp³-hybridized carbons (Fsp3) is 0. The maximum Gasteiger partial charge on any atom is 0.0787 e. The summed E-state index contributed by atoms with van der Waals surface area (Å²) in [6, 6.07) is 70.7. The molecule has 3 aromatic heterocycles. The molecular weight excluding hydrogens is 711 g/mol. The Balaban J connectivity index is 1.33. The first-order valence-corrected chi connectivity index (χ1v) is 20.2. The highest BCUT2D eigenvalue weighted by Crippen LogP contribution is 2.45. The number of fused-ring (bicyclic) bond motifs is 13. The summed E-state index contributed by atoms with van der Waals surface area (Å²) in [5, 5.41) is 10.8. The monoisotopic (exact) mass is 743 g/mol. The molecule has 12 rings (SSSR count). The lowest BCUT2D eigenvalue weighted by atomic mass is 9.91. The van der Waals surface area contributed by atoms with Crippen molar-refractivity contribution < 1.29 is 0 Å². The third-order valence-corrected chi connectivity index (χ3v) is 12.8. The Labute approximate surface area is 332 Å². The van der Waals surface area contributed by atoms with Crippen molar-refractivity contribution in [1.29, 1.82) is 0 Å². The van der Waals surface area contributed by atoms with Crippen LogP contribution in [-0.4, -0.2) is 14.1 Å². The number of nitrogens with zero attached hydrogens (tertiary/aromatic N) is 3. The molecule has 12 aromatic rings. The van der Waals surface area contributed by atoms with E-state index in [1.165, 1.54) is 52.8 Å². The lowest BCUT2D eigenvalue weighted by molar-refractivity contribution is 1.09. The zero-order chi connectivity index (χ0) is 37.5. The summed E-state index contributed by atoms with van der Waals surface area (Å²) in [7, 11) is 0. The molecule has 57 heavy (non-hydrogen) atoms. The van der Waals surface area contributed by atoms with Gasteiger partial charge in [-0.05, 0) is 93.2 Å². The summed E-state index contributed by atoms with van der Waals surface area (Å²) in [6.45, 7) is 0. The Kier molecular flexibility index (Phi) is 7.10. The molecule has 0 aliphatic rings. The minimum absolute atomic E-state index is 0.974. The van der Waals surface area contributed by atoms with Crippen LogP contribution in [0.3, 0.4) is 0 Å². The van der Waals surface area contributed by atoms with Gasteiger partial charge < -0.3 is 9.13 Å². The quantitative estimate of drug-likeness (QED) is 0.165. The zero-order valence-corrected chi connectivity index (χ0v) is 31.6. The van der Waals surface area contributed by atoms with E-state index in [9.17, 15) is 0 Å². The molecule has 0 saturated heterocycles. The van der Waals surface area contributed by atoms with E-state index in [2.05, 4.69) is 203 Å². The molecule has 0 atom stereocenters. The largest absolute Gasteiger partial charge is 0.306 e. The minimum atomic E-state index is 0.974. The van der Waals surface area contributed by atoms with E-state index in [1.54, 1.807) is 0 Å². The highest BCUT2D eigenvalue weighted by molar-refractivity contribution is 7.26. The summed E-state index contributed by atoms with van der Waals surface area (Å²) in [6.07, 6.45) is 1.94. The van der Waals surface area contributed by atoms with E-state index in [4.69, 9.17) is 4.98 Å². The Morgan fingerprint density at radius 2 is 0.877 bits per heavy atom. The Bertz CT molecular complexity index is 3630. The Hall–Kier alpha value is -7.27. The van der Waals surface area contributed by atoms with Gasteiger partial charge in [-0.3, -0.25) is 4.98 Å². The maximum absolute atomic E-state index is 5.25. The third kappa shape index (κ3) is 4.81. The van der Waals surface area contributed by atoms with Crippen LogP contribution < -0.4 is 0 Å². The molecule has 9 aromatic carbocycles. The van der Waals surface area contributed by atoms with Gasteiger partial charge in [0, 0.05) is 54.1 Å². The molecule has 3 heterocycles. The highest BCUT2D eigenvalue weighted by Gasteiger charge is 2.19. The molecular formula is C53H33N3S. The topological polar surface area (TPSA) is 22.8 Å². The summed E-state index contributed by atoms with van der Waals surface area (Å²) >= 11 is 1.88. The Morgan fingerprint density at radius 3 is 1.60 bits per heavy atom. The van der Waals surface area contributed by atoms with Crippen molar-refractivity contribution in [1.82, 2.24) is 14.1 Å². The molecule has 0 saturated carbocycles. The van der Waals surface area contributed by atoms with Crippen molar-refractivity contribution in [2.75, 3.05) is 0 Å². The van der Waals surface area contributed by atoms with Gasteiger partial charge in [-0.15, -0.1) is 11.3 Å². The van der Waals surface area contributed by atoms with Gasteiger partial charge in [0.2, 0.25) is 0 Å². The number of aromatic nitrogens is 3.